The fraction of sp³-hybridized carbons (Fsp3) is 0.588. The van der Waals surface area contributed by atoms with E-state index < -0.39 is 0 Å². The highest BCUT2D eigenvalue weighted by atomic mass is 16.5. The van der Waals surface area contributed by atoms with Crippen molar-refractivity contribution in [1.82, 2.24) is 10.2 Å². The minimum absolute atomic E-state index is 0.607. The number of hydrogen-bond donors (Lipinski definition) is 1. The predicted molar refractivity (Wildman–Crippen MR) is 89.8 cm³/mol. The summed E-state index contributed by atoms with van der Waals surface area (Å²) in [5.41, 5.74) is 0. The Kier molecular flexibility index (Phi) is 6.37. The third-order valence-electron chi connectivity index (χ3n) is 4.01. The van der Waals surface area contributed by atoms with E-state index >= 15 is 0 Å². The van der Waals surface area contributed by atoms with Gasteiger partial charge in [0.15, 0.2) is 5.96 Å². The van der Waals surface area contributed by atoms with E-state index in [1.54, 1.807) is 7.11 Å². The van der Waals surface area contributed by atoms with Crippen molar-refractivity contribution in [1.29, 1.82) is 0 Å². The first-order valence-corrected chi connectivity index (χ1v) is 7.95. The van der Waals surface area contributed by atoms with E-state index in [1.165, 1.54) is 12.8 Å². The van der Waals surface area contributed by atoms with Crippen molar-refractivity contribution in [3.05, 3.63) is 24.3 Å². The molecule has 0 spiro atoms. The van der Waals surface area contributed by atoms with Gasteiger partial charge in [-0.2, -0.15) is 0 Å². The molecule has 1 aromatic rings. The molecule has 1 heterocycles. The average Bonchev–Trinajstić information content (AvgIpc) is 2.56. The van der Waals surface area contributed by atoms with Crippen LogP contribution >= 0.6 is 0 Å². The lowest BCUT2D eigenvalue weighted by atomic mass is 10.00. The van der Waals surface area contributed by atoms with Gasteiger partial charge in [0.25, 0.3) is 0 Å². The lowest BCUT2D eigenvalue weighted by Gasteiger charge is -2.32. The molecule has 1 aliphatic heterocycles. The summed E-state index contributed by atoms with van der Waals surface area (Å²) in [6.45, 7) is 5.83. The minimum Gasteiger partial charge on any atom is -0.497 e. The molecule has 5 heteroatoms. The largest absolute Gasteiger partial charge is 0.497 e. The van der Waals surface area contributed by atoms with Crippen LogP contribution in [-0.4, -0.2) is 51.3 Å². The highest BCUT2D eigenvalue weighted by Crippen LogP contribution is 2.17. The maximum absolute atomic E-state index is 5.71. The Balaban J connectivity index is 1.70. The fourth-order valence-electron chi connectivity index (χ4n) is 2.56. The van der Waals surface area contributed by atoms with Crippen LogP contribution < -0.4 is 14.8 Å². The fourth-order valence-corrected chi connectivity index (χ4v) is 2.56. The number of aliphatic imine (C=N–C) groups is 1. The van der Waals surface area contributed by atoms with Gasteiger partial charge in [-0.1, -0.05) is 6.92 Å². The maximum atomic E-state index is 5.71. The highest BCUT2D eigenvalue weighted by Gasteiger charge is 2.18. The number of nitrogens with one attached hydrogen (secondary N) is 1. The number of nitrogens with zero attached hydrogens (tertiary/aromatic N) is 2. The molecule has 1 aromatic carbocycles. The summed E-state index contributed by atoms with van der Waals surface area (Å²) >= 11 is 0. The van der Waals surface area contributed by atoms with E-state index in [9.17, 15) is 0 Å². The molecule has 2 rings (SSSR count). The number of benzene rings is 1. The van der Waals surface area contributed by atoms with Crippen molar-refractivity contribution < 1.29 is 9.47 Å². The summed E-state index contributed by atoms with van der Waals surface area (Å²) in [5, 5.41) is 3.37. The number of methoxy groups -OCH3 is 1. The monoisotopic (exact) mass is 305 g/mol. The Morgan fingerprint density at radius 2 is 1.86 bits per heavy atom. The zero-order chi connectivity index (χ0) is 15.8. The van der Waals surface area contributed by atoms with Crippen LogP contribution in [0.5, 0.6) is 11.5 Å². The van der Waals surface area contributed by atoms with Gasteiger partial charge in [0, 0.05) is 20.1 Å². The number of ether oxygens (including phenoxy) is 2. The molecule has 0 aromatic heterocycles. The van der Waals surface area contributed by atoms with E-state index in [1.807, 2.05) is 31.3 Å². The topological polar surface area (TPSA) is 46.1 Å². The van der Waals surface area contributed by atoms with Crippen LogP contribution in [0.2, 0.25) is 0 Å². The molecule has 1 N–H and O–H groups in total. The van der Waals surface area contributed by atoms with Crippen LogP contribution in [0.15, 0.2) is 29.3 Å². The molecule has 0 amide bonds. The first-order chi connectivity index (χ1) is 10.7. The Labute approximate surface area is 133 Å². The zero-order valence-corrected chi connectivity index (χ0v) is 13.8. The van der Waals surface area contributed by atoms with Crippen LogP contribution in [0.1, 0.15) is 19.8 Å². The van der Waals surface area contributed by atoms with E-state index in [4.69, 9.17) is 9.47 Å². The second kappa shape index (κ2) is 8.51. The van der Waals surface area contributed by atoms with Gasteiger partial charge in [0.05, 0.1) is 13.7 Å². The van der Waals surface area contributed by atoms with E-state index in [-0.39, 0.29) is 0 Å². The summed E-state index contributed by atoms with van der Waals surface area (Å²) < 4.78 is 10.8. The molecule has 122 valence electrons. The maximum Gasteiger partial charge on any atom is 0.193 e. The summed E-state index contributed by atoms with van der Waals surface area (Å²) in [7, 11) is 3.50. The third-order valence-corrected chi connectivity index (χ3v) is 4.01. The Morgan fingerprint density at radius 1 is 1.23 bits per heavy atom. The summed E-state index contributed by atoms with van der Waals surface area (Å²) in [4.78, 5) is 6.69. The van der Waals surface area contributed by atoms with Crippen molar-refractivity contribution in [2.24, 2.45) is 10.9 Å². The van der Waals surface area contributed by atoms with Crippen molar-refractivity contribution in [2.45, 2.75) is 19.8 Å². The second-order valence-electron chi connectivity index (χ2n) is 5.67. The van der Waals surface area contributed by atoms with Gasteiger partial charge < -0.3 is 19.7 Å². The lowest BCUT2D eigenvalue weighted by Crippen LogP contribution is -2.46. The molecular weight excluding hydrogens is 278 g/mol. The van der Waals surface area contributed by atoms with E-state index in [0.717, 1.165) is 43.0 Å². The summed E-state index contributed by atoms with van der Waals surface area (Å²) in [5.74, 6) is 3.49. The molecule has 1 aliphatic rings. The molecule has 0 atom stereocenters. The van der Waals surface area contributed by atoms with Crippen LogP contribution in [0.25, 0.3) is 0 Å². The molecule has 22 heavy (non-hydrogen) atoms. The second-order valence-corrected chi connectivity index (χ2v) is 5.67. The molecule has 0 bridgehead atoms. The number of guanidine groups is 1. The van der Waals surface area contributed by atoms with Crippen LogP contribution in [-0.2, 0) is 0 Å². The van der Waals surface area contributed by atoms with Gasteiger partial charge in [-0.15, -0.1) is 0 Å². The van der Waals surface area contributed by atoms with Crippen LogP contribution in [0.3, 0.4) is 0 Å². The van der Waals surface area contributed by atoms with Crippen molar-refractivity contribution >= 4 is 5.96 Å². The predicted octanol–water partition coefficient (Wildman–Crippen LogP) is 2.38. The van der Waals surface area contributed by atoms with Crippen molar-refractivity contribution in [2.75, 3.05) is 40.4 Å². The van der Waals surface area contributed by atoms with Gasteiger partial charge >= 0.3 is 0 Å². The standard InChI is InChI=1S/C17H27N3O2/c1-14-8-11-20(12-9-14)17(18-2)19-10-13-22-16-6-4-15(21-3)5-7-16/h4-7,14H,8-13H2,1-3H3,(H,18,19). The van der Waals surface area contributed by atoms with Gasteiger partial charge in [-0.3, -0.25) is 4.99 Å². The number of hydrogen-bond acceptors (Lipinski definition) is 3. The lowest BCUT2D eigenvalue weighted by molar-refractivity contribution is 0.269. The van der Waals surface area contributed by atoms with Crippen LogP contribution in [0.4, 0.5) is 0 Å². The zero-order valence-electron chi connectivity index (χ0n) is 13.8. The first-order valence-electron chi connectivity index (χ1n) is 7.95. The van der Waals surface area contributed by atoms with E-state index in [0.29, 0.717) is 6.61 Å². The Morgan fingerprint density at radius 3 is 2.45 bits per heavy atom. The number of rotatable bonds is 5. The highest BCUT2D eigenvalue weighted by molar-refractivity contribution is 5.79. The molecule has 1 saturated heterocycles. The normalized spacial score (nSPS) is 16.5. The molecule has 0 saturated carbocycles. The summed E-state index contributed by atoms with van der Waals surface area (Å²) in [6, 6.07) is 7.63. The van der Waals surface area contributed by atoms with Crippen molar-refractivity contribution in [3.8, 4) is 11.5 Å². The smallest absolute Gasteiger partial charge is 0.193 e. The van der Waals surface area contributed by atoms with Gasteiger partial charge in [0.2, 0.25) is 0 Å². The molecule has 5 nitrogen and oxygen atoms in total. The summed E-state index contributed by atoms with van der Waals surface area (Å²) in [6.07, 6.45) is 2.48. The average molecular weight is 305 g/mol. The molecule has 0 aliphatic carbocycles. The van der Waals surface area contributed by atoms with Crippen LogP contribution in [0, 0.1) is 5.92 Å². The van der Waals surface area contributed by atoms with Gasteiger partial charge in [0.1, 0.15) is 18.1 Å². The quantitative estimate of drug-likeness (QED) is 0.515. The number of likely N-dealkylation sites (tertiary alicyclic amines) is 1. The first kappa shape index (κ1) is 16.5. The molecule has 0 radical (unpaired) electrons. The van der Waals surface area contributed by atoms with E-state index in [2.05, 4.69) is 22.1 Å². The molecule has 0 unspecified atom stereocenters. The van der Waals surface area contributed by atoms with Crippen molar-refractivity contribution in [3.63, 3.8) is 0 Å². The Bertz CT molecular complexity index is 465. The van der Waals surface area contributed by atoms with Gasteiger partial charge in [-0.25, -0.2) is 0 Å². The van der Waals surface area contributed by atoms with Gasteiger partial charge in [-0.05, 0) is 43.0 Å². The third kappa shape index (κ3) is 4.83. The molecule has 1 fully saturated rings. The SMILES string of the molecule is CN=C(NCCOc1ccc(OC)cc1)N1CCC(C)CC1. The number of piperidine rings is 1. The molecular formula is C17H27N3O2. The Hall–Kier alpha value is -1.91. The minimum atomic E-state index is 0.607.